The summed E-state index contributed by atoms with van der Waals surface area (Å²) in [6.07, 6.45) is 1.03. The van der Waals surface area contributed by atoms with E-state index in [2.05, 4.69) is 5.32 Å². The summed E-state index contributed by atoms with van der Waals surface area (Å²) < 4.78 is 36.7. The van der Waals surface area contributed by atoms with Gasteiger partial charge >= 0.3 is 0 Å². The third kappa shape index (κ3) is 5.33. The highest BCUT2D eigenvalue weighted by molar-refractivity contribution is 7.92. The quantitative estimate of drug-likeness (QED) is 0.680. The van der Waals surface area contributed by atoms with Crippen LogP contribution in [-0.2, 0) is 14.8 Å². The summed E-state index contributed by atoms with van der Waals surface area (Å²) in [7, 11) is -0.849. The number of carbonyl (C=O) groups is 1. The van der Waals surface area contributed by atoms with Gasteiger partial charge in [0.25, 0.3) is 0 Å². The molecule has 0 aliphatic carbocycles. The Bertz CT molecular complexity index is 981. The van der Waals surface area contributed by atoms with Gasteiger partial charge in [-0.3, -0.25) is 9.10 Å². The average Bonchev–Trinajstić information content (AvgIpc) is 2.67. The number of nitrogens with zero attached hydrogens (tertiary/aromatic N) is 1. The molecular formula is C20H25ClN2O5S. The van der Waals surface area contributed by atoms with Crippen LogP contribution < -0.4 is 19.1 Å². The highest BCUT2D eigenvalue weighted by Crippen LogP contribution is 2.34. The molecule has 0 fully saturated rings. The second kappa shape index (κ2) is 9.37. The molecule has 2 rings (SSSR count). The average molecular weight is 441 g/mol. The summed E-state index contributed by atoms with van der Waals surface area (Å²) in [6.45, 7) is 3.30. The van der Waals surface area contributed by atoms with Gasteiger partial charge in [0.05, 0.1) is 32.2 Å². The zero-order valence-corrected chi connectivity index (χ0v) is 18.5. The lowest BCUT2D eigenvalue weighted by molar-refractivity contribution is -0.122. The molecule has 9 heteroatoms. The van der Waals surface area contributed by atoms with Crippen LogP contribution in [0.3, 0.4) is 0 Å². The summed E-state index contributed by atoms with van der Waals surface area (Å²) in [5.41, 5.74) is 0.969. The minimum Gasteiger partial charge on any atom is -0.496 e. The molecule has 158 valence electrons. The molecule has 2 aromatic rings. The second-order valence-electron chi connectivity index (χ2n) is 6.52. The van der Waals surface area contributed by atoms with Gasteiger partial charge in [0.2, 0.25) is 15.9 Å². The molecule has 1 amide bonds. The van der Waals surface area contributed by atoms with E-state index in [9.17, 15) is 13.2 Å². The fourth-order valence-corrected chi connectivity index (χ4v) is 4.39. The van der Waals surface area contributed by atoms with Crippen molar-refractivity contribution in [3.63, 3.8) is 0 Å². The van der Waals surface area contributed by atoms with Crippen LogP contribution in [-0.4, -0.2) is 40.8 Å². The van der Waals surface area contributed by atoms with E-state index in [1.165, 1.54) is 20.1 Å². The number of ether oxygens (including phenoxy) is 2. The normalized spacial score (nSPS) is 13.3. The number of methoxy groups -OCH3 is 2. The molecule has 7 nitrogen and oxygen atoms in total. The molecule has 0 saturated heterocycles. The van der Waals surface area contributed by atoms with Crippen LogP contribution in [0.1, 0.15) is 25.5 Å². The van der Waals surface area contributed by atoms with Crippen LogP contribution in [0.5, 0.6) is 11.5 Å². The van der Waals surface area contributed by atoms with Crippen molar-refractivity contribution < 1.29 is 22.7 Å². The Morgan fingerprint density at radius 2 is 1.69 bits per heavy atom. The number of sulfonamides is 1. The number of amides is 1. The molecule has 0 aliphatic heterocycles. The molecule has 0 aliphatic rings. The lowest BCUT2D eigenvalue weighted by Crippen LogP contribution is -2.48. The van der Waals surface area contributed by atoms with Crippen LogP contribution in [0.15, 0.2) is 42.5 Å². The molecule has 0 radical (unpaired) electrons. The Labute approximate surface area is 176 Å². The van der Waals surface area contributed by atoms with E-state index in [1.54, 1.807) is 32.2 Å². The summed E-state index contributed by atoms with van der Waals surface area (Å²) in [5, 5.41) is 3.17. The zero-order chi connectivity index (χ0) is 21.8. The van der Waals surface area contributed by atoms with Crippen molar-refractivity contribution in [2.24, 2.45) is 0 Å². The molecule has 0 spiro atoms. The number of carbonyl (C=O) groups excluding carboxylic acids is 1. The Balaban J connectivity index is 2.36. The largest absolute Gasteiger partial charge is 0.496 e. The lowest BCUT2D eigenvalue weighted by Gasteiger charge is -2.30. The predicted molar refractivity (Wildman–Crippen MR) is 114 cm³/mol. The third-order valence-electron chi connectivity index (χ3n) is 4.43. The molecule has 2 atom stereocenters. The Kier molecular flexibility index (Phi) is 7.37. The maximum absolute atomic E-state index is 12.9. The van der Waals surface area contributed by atoms with Crippen LogP contribution >= 0.6 is 11.6 Å². The summed E-state index contributed by atoms with van der Waals surface area (Å²) in [6, 6.07) is 10.4. The first-order chi connectivity index (χ1) is 13.6. The van der Waals surface area contributed by atoms with E-state index in [0.29, 0.717) is 10.8 Å². The third-order valence-corrected chi connectivity index (χ3v) is 5.89. The van der Waals surface area contributed by atoms with Gasteiger partial charge in [0, 0.05) is 10.6 Å². The van der Waals surface area contributed by atoms with E-state index in [4.69, 9.17) is 21.1 Å². The SMILES string of the molecule is COc1ccccc1[C@H](C)NC(=O)[C@@H](C)N(c1cc(Cl)ccc1OC)S(C)(=O)=O. The van der Waals surface area contributed by atoms with Crippen LogP contribution in [0, 0.1) is 0 Å². The highest BCUT2D eigenvalue weighted by Gasteiger charge is 2.32. The van der Waals surface area contributed by atoms with Crippen molar-refractivity contribution in [2.45, 2.75) is 25.9 Å². The number of nitrogens with one attached hydrogen (secondary N) is 1. The van der Waals surface area contributed by atoms with Gasteiger partial charge in [0.15, 0.2) is 0 Å². The van der Waals surface area contributed by atoms with Crippen molar-refractivity contribution in [2.75, 3.05) is 24.8 Å². The maximum atomic E-state index is 12.9. The van der Waals surface area contributed by atoms with Crippen molar-refractivity contribution in [1.29, 1.82) is 0 Å². The lowest BCUT2D eigenvalue weighted by atomic mass is 10.1. The van der Waals surface area contributed by atoms with Gasteiger partial charge in [-0.25, -0.2) is 8.42 Å². The standard InChI is InChI=1S/C20H25ClN2O5S/c1-13(16-8-6-7-9-18(16)27-3)22-20(24)14(2)23(29(5,25)26)17-12-15(21)10-11-19(17)28-4/h6-14H,1-5H3,(H,22,24)/t13-,14+/m0/s1. The topological polar surface area (TPSA) is 84.9 Å². The highest BCUT2D eigenvalue weighted by atomic mass is 35.5. The molecule has 0 saturated carbocycles. The summed E-state index contributed by atoms with van der Waals surface area (Å²) >= 11 is 6.06. The first-order valence-electron chi connectivity index (χ1n) is 8.86. The van der Waals surface area contributed by atoms with E-state index in [0.717, 1.165) is 16.1 Å². The molecule has 0 unspecified atom stereocenters. The maximum Gasteiger partial charge on any atom is 0.244 e. The predicted octanol–water partition coefficient (Wildman–Crippen LogP) is 3.39. The van der Waals surface area contributed by atoms with Gasteiger partial charge in [-0.05, 0) is 38.1 Å². The number of benzene rings is 2. The number of halogens is 1. The van der Waals surface area contributed by atoms with Gasteiger partial charge < -0.3 is 14.8 Å². The first-order valence-corrected chi connectivity index (χ1v) is 11.1. The van der Waals surface area contributed by atoms with Crippen LogP contribution in [0.25, 0.3) is 0 Å². The molecule has 0 aromatic heterocycles. The molecular weight excluding hydrogens is 416 g/mol. The van der Waals surface area contributed by atoms with E-state index < -0.39 is 28.0 Å². The zero-order valence-electron chi connectivity index (χ0n) is 17.0. The minimum atomic E-state index is -3.82. The Morgan fingerprint density at radius 1 is 1.07 bits per heavy atom. The van der Waals surface area contributed by atoms with Gasteiger partial charge in [-0.2, -0.15) is 0 Å². The molecule has 1 N–H and O–H groups in total. The van der Waals surface area contributed by atoms with Crippen molar-refractivity contribution in [3.05, 3.63) is 53.1 Å². The number of anilines is 1. The summed E-state index contributed by atoms with van der Waals surface area (Å²) in [5.74, 6) is 0.442. The Hall–Kier alpha value is -2.45. The molecule has 0 heterocycles. The van der Waals surface area contributed by atoms with Gasteiger partial charge in [-0.1, -0.05) is 29.8 Å². The number of para-hydroxylation sites is 1. The van der Waals surface area contributed by atoms with Gasteiger partial charge in [0.1, 0.15) is 17.5 Å². The van der Waals surface area contributed by atoms with Crippen LogP contribution in [0.4, 0.5) is 5.69 Å². The summed E-state index contributed by atoms with van der Waals surface area (Å²) in [4.78, 5) is 12.9. The minimum absolute atomic E-state index is 0.190. The monoisotopic (exact) mass is 440 g/mol. The van der Waals surface area contributed by atoms with Crippen molar-refractivity contribution in [1.82, 2.24) is 5.32 Å². The number of rotatable bonds is 8. The first kappa shape index (κ1) is 22.8. The van der Waals surface area contributed by atoms with E-state index in [1.807, 2.05) is 18.2 Å². The van der Waals surface area contributed by atoms with Crippen LogP contribution in [0.2, 0.25) is 5.02 Å². The molecule has 0 bridgehead atoms. The fourth-order valence-electron chi connectivity index (χ4n) is 3.05. The van der Waals surface area contributed by atoms with Gasteiger partial charge in [-0.15, -0.1) is 0 Å². The molecule has 29 heavy (non-hydrogen) atoms. The number of hydrogen-bond donors (Lipinski definition) is 1. The fraction of sp³-hybridized carbons (Fsp3) is 0.350. The van der Waals surface area contributed by atoms with E-state index in [-0.39, 0.29) is 11.4 Å². The second-order valence-corrected chi connectivity index (χ2v) is 8.82. The molecule has 2 aromatic carbocycles. The van der Waals surface area contributed by atoms with E-state index >= 15 is 0 Å². The van der Waals surface area contributed by atoms with Crippen molar-refractivity contribution in [3.8, 4) is 11.5 Å². The number of hydrogen-bond acceptors (Lipinski definition) is 5. The smallest absolute Gasteiger partial charge is 0.244 e. The van der Waals surface area contributed by atoms with Crippen molar-refractivity contribution >= 4 is 33.2 Å². The Morgan fingerprint density at radius 3 is 2.28 bits per heavy atom.